The number of ether oxygens (including phenoxy) is 1. The number of halogens is 1. The lowest BCUT2D eigenvalue weighted by Crippen LogP contribution is -2.35. The van der Waals surface area contributed by atoms with Gasteiger partial charge in [-0.3, -0.25) is 9.59 Å². The molecular formula is C17H16BrN3O3. The van der Waals surface area contributed by atoms with Crippen LogP contribution in [0.1, 0.15) is 11.1 Å². The molecule has 0 atom stereocenters. The third kappa shape index (κ3) is 5.20. The summed E-state index contributed by atoms with van der Waals surface area (Å²) < 4.78 is 6.52. The van der Waals surface area contributed by atoms with Crippen LogP contribution in [0, 0.1) is 0 Å². The molecule has 0 spiro atoms. The number of benzene rings is 2. The van der Waals surface area contributed by atoms with E-state index in [2.05, 4.69) is 31.8 Å². The Morgan fingerprint density at radius 1 is 1.17 bits per heavy atom. The van der Waals surface area contributed by atoms with Gasteiger partial charge in [-0.05, 0) is 45.3 Å². The van der Waals surface area contributed by atoms with Crippen molar-refractivity contribution < 1.29 is 14.3 Å². The molecule has 0 aromatic heterocycles. The Hall–Kier alpha value is -2.67. The van der Waals surface area contributed by atoms with Gasteiger partial charge in [0.1, 0.15) is 12.4 Å². The van der Waals surface area contributed by atoms with Crippen LogP contribution in [-0.4, -0.2) is 25.1 Å². The second kappa shape index (κ2) is 8.83. The summed E-state index contributed by atoms with van der Waals surface area (Å²) in [5.74, 6) is -0.876. The van der Waals surface area contributed by atoms with Crippen molar-refractivity contribution in [2.45, 2.75) is 6.61 Å². The van der Waals surface area contributed by atoms with Crippen LogP contribution < -0.4 is 15.5 Å². The molecule has 0 heterocycles. The summed E-state index contributed by atoms with van der Waals surface area (Å²) in [6, 6.07) is 15.2. The summed E-state index contributed by atoms with van der Waals surface area (Å²) >= 11 is 3.44. The normalized spacial score (nSPS) is 10.4. The fourth-order valence-electron chi connectivity index (χ4n) is 1.78. The van der Waals surface area contributed by atoms with E-state index in [0.717, 1.165) is 15.6 Å². The summed E-state index contributed by atoms with van der Waals surface area (Å²) in [5, 5.41) is 5.94. The Morgan fingerprint density at radius 2 is 1.92 bits per heavy atom. The Bertz CT molecular complexity index is 748. The molecule has 2 rings (SSSR count). The van der Waals surface area contributed by atoms with Crippen molar-refractivity contribution >= 4 is 34.0 Å². The van der Waals surface area contributed by atoms with Gasteiger partial charge in [0, 0.05) is 7.05 Å². The van der Waals surface area contributed by atoms with Gasteiger partial charge in [0.15, 0.2) is 0 Å². The molecule has 2 aromatic carbocycles. The van der Waals surface area contributed by atoms with E-state index in [4.69, 9.17) is 4.74 Å². The van der Waals surface area contributed by atoms with E-state index in [9.17, 15) is 9.59 Å². The molecule has 0 fully saturated rings. The minimum absolute atomic E-state index is 0.467. The first-order valence-corrected chi connectivity index (χ1v) is 7.91. The first kappa shape index (κ1) is 17.7. The lowest BCUT2D eigenvalue weighted by atomic mass is 10.2. The fraction of sp³-hybridized carbons (Fsp3) is 0.118. The summed E-state index contributed by atoms with van der Waals surface area (Å²) in [5.41, 5.74) is 3.95. The van der Waals surface area contributed by atoms with E-state index in [-0.39, 0.29) is 0 Å². The van der Waals surface area contributed by atoms with E-state index in [1.165, 1.54) is 13.3 Å². The van der Waals surface area contributed by atoms with Crippen molar-refractivity contribution in [2.75, 3.05) is 7.05 Å². The zero-order valence-electron chi connectivity index (χ0n) is 13.0. The Labute approximate surface area is 148 Å². The number of hydrogen-bond acceptors (Lipinski definition) is 4. The molecule has 124 valence electrons. The van der Waals surface area contributed by atoms with Crippen LogP contribution >= 0.6 is 15.9 Å². The highest BCUT2D eigenvalue weighted by Gasteiger charge is 2.09. The zero-order chi connectivity index (χ0) is 17.4. The molecule has 2 amide bonds. The van der Waals surface area contributed by atoms with Crippen molar-refractivity contribution in [3.05, 3.63) is 64.1 Å². The van der Waals surface area contributed by atoms with Gasteiger partial charge >= 0.3 is 11.8 Å². The molecule has 24 heavy (non-hydrogen) atoms. The second-order valence-electron chi connectivity index (χ2n) is 4.74. The quantitative estimate of drug-likeness (QED) is 0.467. The van der Waals surface area contributed by atoms with E-state index < -0.39 is 11.8 Å². The number of amides is 2. The standard InChI is InChI=1S/C17H16BrN3O3/c1-19-16(22)17(23)21-20-10-13-7-8-15(14(18)9-13)24-11-12-5-3-2-4-6-12/h2-10H,11H2,1H3,(H,19,22)(H,21,23)/b20-10-. The van der Waals surface area contributed by atoms with Crippen LogP contribution in [0.5, 0.6) is 5.75 Å². The maximum absolute atomic E-state index is 11.2. The third-order valence-electron chi connectivity index (χ3n) is 3.01. The fourth-order valence-corrected chi connectivity index (χ4v) is 2.29. The van der Waals surface area contributed by atoms with Crippen LogP contribution in [0.25, 0.3) is 0 Å². The molecule has 0 aliphatic carbocycles. The number of carbonyl (C=O) groups excluding carboxylic acids is 2. The van der Waals surface area contributed by atoms with Crippen molar-refractivity contribution in [1.29, 1.82) is 0 Å². The molecule has 6 nitrogen and oxygen atoms in total. The number of nitrogens with one attached hydrogen (secondary N) is 2. The Balaban J connectivity index is 1.94. The van der Waals surface area contributed by atoms with Gasteiger partial charge in [-0.1, -0.05) is 30.3 Å². The molecule has 0 aliphatic heterocycles. The number of hydrazone groups is 1. The molecule has 2 aromatic rings. The molecule has 0 radical (unpaired) electrons. The highest BCUT2D eigenvalue weighted by atomic mass is 79.9. The van der Waals surface area contributed by atoms with Gasteiger partial charge < -0.3 is 10.1 Å². The minimum atomic E-state index is -0.823. The molecule has 2 N–H and O–H groups in total. The summed E-state index contributed by atoms with van der Waals surface area (Å²) in [6.07, 6.45) is 1.44. The van der Waals surface area contributed by atoms with Crippen molar-refractivity contribution in [3.8, 4) is 5.75 Å². The first-order valence-electron chi connectivity index (χ1n) is 7.11. The zero-order valence-corrected chi connectivity index (χ0v) is 14.5. The molecule has 7 heteroatoms. The maximum Gasteiger partial charge on any atom is 0.329 e. The smallest absolute Gasteiger partial charge is 0.329 e. The van der Waals surface area contributed by atoms with E-state index in [0.29, 0.717) is 12.4 Å². The van der Waals surface area contributed by atoms with E-state index >= 15 is 0 Å². The third-order valence-corrected chi connectivity index (χ3v) is 3.63. The van der Waals surface area contributed by atoms with E-state index in [1.807, 2.05) is 30.3 Å². The van der Waals surface area contributed by atoms with Crippen molar-refractivity contribution in [3.63, 3.8) is 0 Å². The average Bonchev–Trinajstić information content (AvgIpc) is 2.61. The Morgan fingerprint density at radius 3 is 2.58 bits per heavy atom. The number of nitrogens with zero attached hydrogens (tertiary/aromatic N) is 1. The summed E-state index contributed by atoms with van der Waals surface area (Å²) in [7, 11) is 1.37. The highest BCUT2D eigenvalue weighted by Crippen LogP contribution is 2.26. The first-order chi connectivity index (χ1) is 11.6. The van der Waals surface area contributed by atoms with Crippen LogP contribution in [0.15, 0.2) is 58.1 Å². The van der Waals surface area contributed by atoms with Gasteiger partial charge in [0.05, 0.1) is 10.7 Å². The number of hydrogen-bond donors (Lipinski definition) is 2. The van der Waals surface area contributed by atoms with Crippen molar-refractivity contribution in [1.82, 2.24) is 10.7 Å². The number of carbonyl (C=O) groups is 2. The predicted octanol–water partition coefficient (Wildman–Crippen LogP) is 2.22. The molecule has 0 bridgehead atoms. The highest BCUT2D eigenvalue weighted by molar-refractivity contribution is 9.10. The van der Waals surface area contributed by atoms with Gasteiger partial charge in [-0.2, -0.15) is 5.10 Å². The van der Waals surface area contributed by atoms with Crippen LogP contribution in [-0.2, 0) is 16.2 Å². The predicted molar refractivity (Wildman–Crippen MR) is 94.7 cm³/mol. The average molecular weight is 390 g/mol. The molecule has 0 unspecified atom stereocenters. The van der Waals surface area contributed by atoms with E-state index in [1.54, 1.807) is 18.2 Å². The van der Waals surface area contributed by atoms with Gasteiger partial charge in [-0.15, -0.1) is 0 Å². The van der Waals surface area contributed by atoms with Gasteiger partial charge in [0.2, 0.25) is 0 Å². The minimum Gasteiger partial charge on any atom is -0.488 e. The molecule has 0 saturated heterocycles. The summed E-state index contributed by atoms with van der Waals surface area (Å²) in [4.78, 5) is 22.3. The van der Waals surface area contributed by atoms with Gasteiger partial charge in [0.25, 0.3) is 0 Å². The molecular weight excluding hydrogens is 374 g/mol. The second-order valence-corrected chi connectivity index (χ2v) is 5.60. The summed E-state index contributed by atoms with van der Waals surface area (Å²) in [6.45, 7) is 0.467. The largest absolute Gasteiger partial charge is 0.488 e. The number of rotatable bonds is 5. The molecule has 0 saturated carbocycles. The lowest BCUT2D eigenvalue weighted by molar-refractivity contribution is -0.138. The monoisotopic (exact) mass is 389 g/mol. The topological polar surface area (TPSA) is 79.8 Å². The van der Waals surface area contributed by atoms with Crippen LogP contribution in [0.4, 0.5) is 0 Å². The maximum atomic E-state index is 11.2. The van der Waals surface area contributed by atoms with Crippen LogP contribution in [0.2, 0.25) is 0 Å². The molecule has 0 aliphatic rings. The SMILES string of the molecule is CNC(=O)C(=O)N/N=C\c1ccc(OCc2ccccc2)c(Br)c1. The van der Waals surface area contributed by atoms with Gasteiger partial charge in [-0.25, -0.2) is 5.43 Å². The van der Waals surface area contributed by atoms with Crippen LogP contribution in [0.3, 0.4) is 0 Å². The number of likely N-dealkylation sites (N-methyl/N-ethyl adjacent to an activating group) is 1. The van der Waals surface area contributed by atoms with Crippen molar-refractivity contribution in [2.24, 2.45) is 5.10 Å². The lowest BCUT2D eigenvalue weighted by Gasteiger charge is -2.08. The Kier molecular flexibility index (Phi) is 6.51.